The number of carboxylic acids is 1. The van der Waals surface area contributed by atoms with Gasteiger partial charge in [-0.2, -0.15) is 0 Å². The van der Waals surface area contributed by atoms with E-state index < -0.39 is 17.2 Å². The molecule has 2 aliphatic rings. The fraction of sp³-hybridized carbons (Fsp3) is 0.450. The minimum Gasteiger partial charge on any atom is -0.477 e. The van der Waals surface area contributed by atoms with Crippen LogP contribution in [0.4, 0.5) is 10.1 Å². The van der Waals surface area contributed by atoms with Crippen LogP contribution in [0, 0.1) is 5.82 Å². The summed E-state index contributed by atoms with van der Waals surface area (Å²) in [7, 11) is 0. The van der Waals surface area contributed by atoms with Crippen molar-refractivity contribution in [1.82, 2.24) is 9.47 Å². The van der Waals surface area contributed by atoms with Crippen LogP contribution in [-0.2, 0) is 4.79 Å². The fourth-order valence-corrected chi connectivity index (χ4v) is 5.19. The third kappa shape index (κ3) is 3.17. The number of hydrogen-bond donors (Lipinski definition) is 1. The average Bonchev–Trinajstić information content (AvgIpc) is 2.68. The maximum atomic E-state index is 14.9. The lowest BCUT2D eigenvalue weighted by Crippen LogP contribution is -2.49. The van der Waals surface area contributed by atoms with Gasteiger partial charge in [0, 0.05) is 38.0 Å². The Morgan fingerprint density at radius 2 is 1.93 bits per heavy atom. The lowest BCUT2D eigenvalue weighted by Gasteiger charge is -2.37. The SMILES string of the molecule is CCCC(=O)N1CCN(c2cc3c(cc2F)c(=O)c(C(=O)O)c2n3C(C)S2)CC1. The maximum Gasteiger partial charge on any atom is 0.342 e. The summed E-state index contributed by atoms with van der Waals surface area (Å²) in [6.45, 7) is 5.94. The monoisotopic (exact) mass is 419 g/mol. The van der Waals surface area contributed by atoms with Gasteiger partial charge in [-0.1, -0.05) is 18.7 Å². The number of halogens is 1. The molecule has 9 heteroatoms. The van der Waals surface area contributed by atoms with Gasteiger partial charge in [0.2, 0.25) is 11.3 Å². The number of amides is 1. The summed E-state index contributed by atoms with van der Waals surface area (Å²) in [6.07, 6.45) is 1.31. The number of carbonyl (C=O) groups excluding carboxylic acids is 1. The summed E-state index contributed by atoms with van der Waals surface area (Å²) in [5.74, 6) is -1.73. The molecule has 0 spiro atoms. The molecule has 0 bridgehead atoms. The van der Waals surface area contributed by atoms with Crippen LogP contribution in [0.5, 0.6) is 0 Å². The number of carbonyl (C=O) groups is 2. The van der Waals surface area contributed by atoms with E-state index in [0.717, 1.165) is 12.5 Å². The molecule has 3 heterocycles. The van der Waals surface area contributed by atoms with E-state index in [2.05, 4.69) is 0 Å². The van der Waals surface area contributed by atoms with Gasteiger partial charge in [0.1, 0.15) is 11.4 Å². The first kappa shape index (κ1) is 19.8. The number of hydrogen-bond acceptors (Lipinski definition) is 5. The molecule has 2 aromatic rings. The van der Waals surface area contributed by atoms with Gasteiger partial charge < -0.3 is 19.5 Å². The van der Waals surface area contributed by atoms with E-state index in [0.29, 0.717) is 48.8 Å². The lowest BCUT2D eigenvalue weighted by molar-refractivity contribution is -0.131. The Morgan fingerprint density at radius 1 is 1.24 bits per heavy atom. The van der Waals surface area contributed by atoms with Gasteiger partial charge in [-0.3, -0.25) is 9.59 Å². The largest absolute Gasteiger partial charge is 0.477 e. The van der Waals surface area contributed by atoms with E-state index in [-0.39, 0.29) is 22.2 Å². The lowest BCUT2D eigenvalue weighted by atomic mass is 10.1. The van der Waals surface area contributed by atoms with E-state index in [1.54, 1.807) is 15.5 Å². The first-order chi connectivity index (χ1) is 13.8. The molecular formula is C20H22FN3O4S. The van der Waals surface area contributed by atoms with Crippen molar-refractivity contribution in [2.45, 2.75) is 37.1 Å². The Balaban J connectivity index is 1.72. The number of aromatic nitrogens is 1. The first-order valence-electron chi connectivity index (χ1n) is 9.68. The van der Waals surface area contributed by atoms with Crippen molar-refractivity contribution in [3.05, 3.63) is 33.7 Å². The molecule has 1 unspecified atom stereocenters. The summed E-state index contributed by atoms with van der Waals surface area (Å²) < 4.78 is 16.7. The molecule has 4 rings (SSSR count). The molecule has 1 amide bonds. The molecule has 0 radical (unpaired) electrons. The summed E-state index contributed by atoms with van der Waals surface area (Å²) in [4.78, 5) is 40.0. The third-order valence-electron chi connectivity index (χ3n) is 5.53. The van der Waals surface area contributed by atoms with Crippen molar-refractivity contribution >= 4 is 40.2 Å². The smallest absolute Gasteiger partial charge is 0.342 e. The van der Waals surface area contributed by atoms with E-state index in [4.69, 9.17) is 0 Å². The van der Waals surface area contributed by atoms with Crippen LogP contribution in [0.15, 0.2) is 22.0 Å². The number of rotatable bonds is 4. The highest BCUT2D eigenvalue weighted by Crippen LogP contribution is 2.46. The van der Waals surface area contributed by atoms with Gasteiger partial charge in [0.05, 0.1) is 21.6 Å². The molecule has 1 saturated heterocycles. The van der Waals surface area contributed by atoms with E-state index in [1.165, 1.54) is 11.8 Å². The Morgan fingerprint density at radius 3 is 2.52 bits per heavy atom. The number of aromatic carboxylic acids is 1. The van der Waals surface area contributed by atoms with E-state index >= 15 is 0 Å². The van der Waals surface area contributed by atoms with Crippen LogP contribution in [-0.4, -0.2) is 52.6 Å². The minimum atomic E-state index is -1.29. The van der Waals surface area contributed by atoms with Crippen molar-refractivity contribution in [3.8, 4) is 0 Å². The molecule has 2 aliphatic heterocycles. The van der Waals surface area contributed by atoms with Gasteiger partial charge in [0.15, 0.2) is 0 Å². The van der Waals surface area contributed by atoms with Crippen LogP contribution in [0.25, 0.3) is 10.9 Å². The number of piperazine rings is 1. The second-order valence-corrected chi connectivity index (χ2v) is 8.64. The van der Waals surface area contributed by atoms with Crippen LogP contribution in [0.1, 0.15) is 42.4 Å². The van der Waals surface area contributed by atoms with Crippen molar-refractivity contribution in [2.75, 3.05) is 31.1 Å². The predicted molar refractivity (Wildman–Crippen MR) is 109 cm³/mol. The van der Waals surface area contributed by atoms with Gasteiger partial charge in [-0.15, -0.1) is 0 Å². The number of benzene rings is 1. The highest BCUT2D eigenvalue weighted by molar-refractivity contribution is 8.00. The Bertz CT molecular complexity index is 1080. The molecule has 0 saturated carbocycles. The Labute approximate surface area is 171 Å². The highest BCUT2D eigenvalue weighted by atomic mass is 32.2. The number of nitrogens with zero attached hydrogens (tertiary/aromatic N) is 3. The minimum absolute atomic E-state index is 0.0342. The molecule has 1 fully saturated rings. The van der Waals surface area contributed by atoms with Crippen molar-refractivity contribution < 1.29 is 19.1 Å². The first-order valence-corrected chi connectivity index (χ1v) is 10.6. The van der Waals surface area contributed by atoms with Gasteiger partial charge in [-0.25, -0.2) is 9.18 Å². The molecular weight excluding hydrogens is 397 g/mol. The molecule has 1 N–H and O–H groups in total. The quantitative estimate of drug-likeness (QED) is 0.821. The third-order valence-corrected chi connectivity index (χ3v) is 6.70. The molecule has 7 nitrogen and oxygen atoms in total. The number of thioether (sulfide) groups is 1. The zero-order chi connectivity index (χ0) is 20.9. The number of carboxylic acid groups (broad SMARTS) is 1. The number of pyridine rings is 1. The Hall–Kier alpha value is -2.55. The molecule has 1 aromatic heterocycles. The van der Waals surface area contributed by atoms with E-state index in [1.807, 2.05) is 18.7 Å². The maximum absolute atomic E-state index is 14.9. The second kappa shape index (κ2) is 7.37. The average molecular weight is 419 g/mol. The molecule has 0 aliphatic carbocycles. The highest BCUT2D eigenvalue weighted by Gasteiger charge is 2.33. The standard InChI is InChI=1S/C20H22FN3O4S/c1-3-4-16(25)23-7-5-22(6-8-23)15-10-14-12(9-13(15)21)18(26)17(20(27)28)19-24(14)11(2)29-19/h9-11H,3-8H2,1-2H3,(H,27,28). The topological polar surface area (TPSA) is 82.8 Å². The molecule has 1 atom stereocenters. The van der Waals surface area contributed by atoms with Gasteiger partial charge in [0.25, 0.3) is 0 Å². The zero-order valence-corrected chi connectivity index (χ0v) is 17.1. The summed E-state index contributed by atoms with van der Waals surface area (Å²) in [5, 5.41) is 9.88. The van der Waals surface area contributed by atoms with Crippen LogP contribution < -0.4 is 10.3 Å². The van der Waals surface area contributed by atoms with Crippen LogP contribution in [0.3, 0.4) is 0 Å². The molecule has 29 heavy (non-hydrogen) atoms. The molecule has 154 valence electrons. The zero-order valence-electron chi connectivity index (χ0n) is 16.3. The molecule has 1 aromatic carbocycles. The Kier molecular flexibility index (Phi) is 5.02. The summed E-state index contributed by atoms with van der Waals surface area (Å²) in [6, 6.07) is 2.79. The summed E-state index contributed by atoms with van der Waals surface area (Å²) >= 11 is 1.32. The number of fused-ring (bicyclic) bond motifs is 3. The van der Waals surface area contributed by atoms with Gasteiger partial charge in [-0.05, 0) is 25.5 Å². The van der Waals surface area contributed by atoms with E-state index in [9.17, 15) is 23.9 Å². The fourth-order valence-electron chi connectivity index (χ4n) is 4.04. The number of anilines is 1. The van der Waals surface area contributed by atoms with Crippen LogP contribution in [0.2, 0.25) is 0 Å². The normalized spacial score (nSPS) is 18.5. The summed E-state index contributed by atoms with van der Waals surface area (Å²) in [5.41, 5.74) is -0.0297. The van der Waals surface area contributed by atoms with Crippen LogP contribution >= 0.6 is 11.8 Å². The van der Waals surface area contributed by atoms with Crippen molar-refractivity contribution in [2.24, 2.45) is 0 Å². The van der Waals surface area contributed by atoms with Crippen molar-refractivity contribution in [1.29, 1.82) is 0 Å². The van der Waals surface area contributed by atoms with Gasteiger partial charge >= 0.3 is 5.97 Å². The van der Waals surface area contributed by atoms with Crippen molar-refractivity contribution in [3.63, 3.8) is 0 Å². The predicted octanol–water partition coefficient (Wildman–Crippen LogP) is 2.91. The second-order valence-electron chi connectivity index (χ2n) is 7.34.